The van der Waals surface area contributed by atoms with E-state index in [0.717, 1.165) is 12.8 Å². The number of rotatable bonds is 6. The van der Waals surface area contributed by atoms with Crippen molar-refractivity contribution in [1.82, 2.24) is 0 Å². The molecule has 0 saturated carbocycles. The number of hydrogen-bond donors (Lipinski definition) is 2. The second kappa shape index (κ2) is 21.1. The van der Waals surface area contributed by atoms with E-state index >= 15 is 0 Å². The van der Waals surface area contributed by atoms with Crippen molar-refractivity contribution in [2.24, 2.45) is 0 Å². The molecule has 0 aromatic carbocycles. The summed E-state index contributed by atoms with van der Waals surface area (Å²) in [6.07, 6.45) is 4.87. The van der Waals surface area contributed by atoms with E-state index < -0.39 is 11.9 Å². The van der Waals surface area contributed by atoms with Crippen molar-refractivity contribution in [3.63, 3.8) is 0 Å². The molecule has 0 atom stereocenters. The summed E-state index contributed by atoms with van der Waals surface area (Å²) in [7, 11) is 0. The van der Waals surface area contributed by atoms with Crippen molar-refractivity contribution in [2.75, 3.05) is 0 Å². The van der Waals surface area contributed by atoms with E-state index in [4.69, 9.17) is 10.2 Å². The topological polar surface area (TPSA) is 74.6 Å². The van der Waals surface area contributed by atoms with Gasteiger partial charge in [0.15, 0.2) is 0 Å². The van der Waals surface area contributed by atoms with Crippen molar-refractivity contribution in [1.29, 1.82) is 0 Å². The van der Waals surface area contributed by atoms with E-state index in [1.165, 1.54) is 39.8 Å². The SMILES string of the molecule is CCCC(=O)O.CCCC(=O)O.CCC[CH2][SnH]. The van der Waals surface area contributed by atoms with Crippen LogP contribution in [0.1, 0.15) is 59.3 Å². The molecule has 0 aliphatic carbocycles. The van der Waals surface area contributed by atoms with Crippen molar-refractivity contribution in [3.05, 3.63) is 0 Å². The van der Waals surface area contributed by atoms with Gasteiger partial charge in [0.05, 0.1) is 0 Å². The van der Waals surface area contributed by atoms with Gasteiger partial charge >= 0.3 is 58.7 Å². The summed E-state index contributed by atoms with van der Waals surface area (Å²) in [5.74, 6) is -1.42. The zero-order valence-electron chi connectivity index (χ0n) is 11.2. The first-order chi connectivity index (χ1) is 7.95. The predicted molar refractivity (Wildman–Crippen MR) is 72.0 cm³/mol. The van der Waals surface area contributed by atoms with Crippen LogP contribution in [0.15, 0.2) is 0 Å². The van der Waals surface area contributed by atoms with Crippen LogP contribution in [0.25, 0.3) is 0 Å². The van der Waals surface area contributed by atoms with Crippen molar-refractivity contribution < 1.29 is 19.8 Å². The van der Waals surface area contributed by atoms with Gasteiger partial charge in [0.25, 0.3) is 0 Å². The van der Waals surface area contributed by atoms with Gasteiger partial charge in [0, 0.05) is 12.8 Å². The maximum absolute atomic E-state index is 9.60. The molecule has 0 heterocycles. The number of carboxylic acid groups (broad SMARTS) is 2. The first-order valence-electron chi connectivity index (χ1n) is 6.09. The van der Waals surface area contributed by atoms with Gasteiger partial charge in [-0.3, -0.25) is 9.59 Å². The molecule has 2 N–H and O–H groups in total. The zero-order chi connectivity index (χ0) is 14.1. The molecule has 5 heteroatoms. The third-order valence-electron chi connectivity index (χ3n) is 1.49. The van der Waals surface area contributed by atoms with Crippen LogP contribution >= 0.6 is 0 Å². The standard InChI is InChI=1S/2C4H8O2.C4H9.Sn.H/c2*1-2-3-4(5)6;1-3-4-2;;/h2*2-3H2,1H3,(H,5,6);1,3-4H2,2H3;;. The summed E-state index contributed by atoms with van der Waals surface area (Å²) in [5.41, 5.74) is 0. The van der Waals surface area contributed by atoms with E-state index in [0.29, 0.717) is 12.8 Å². The summed E-state index contributed by atoms with van der Waals surface area (Å²) in [6, 6.07) is 0. The molecule has 0 aliphatic rings. The minimum atomic E-state index is -0.711. The first kappa shape index (κ1) is 22.0. The molecule has 0 aromatic rings. The number of carbonyl (C=O) groups is 2. The molecule has 102 valence electrons. The van der Waals surface area contributed by atoms with E-state index in [1.807, 2.05) is 13.8 Å². The van der Waals surface area contributed by atoms with Crippen LogP contribution < -0.4 is 0 Å². The molecule has 2 radical (unpaired) electrons. The van der Waals surface area contributed by atoms with E-state index in [2.05, 4.69) is 6.92 Å². The third-order valence-corrected chi connectivity index (χ3v) is 2.65. The van der Waals surface area contributed by atoms with E-state index in [9.17, 15) is 9.59 Å². The average molecular weight is 353 g/mol. The Hall–Kier alpha value is -0.261. The summed E-state index contributed by atoms with van der Waals surface area (Å²) in [5, 5.41) is 15.8. The van der Waals surface area contributed by atoms with Gasteiger partial charge in [-0.1, -0.05) is 13.8 Å². The molecule has 0 bridgehead atoms. The van der Waals surface area contributed by atoms with Crippen LogP contribution in [-0.2, 0) is 9.59 Å². The number of aliphatic carboxylic acids is 2. The van der Waals surface area contributed by atoms with E-state index in [1.54, 1.807) is 0 Å². The van der Waals surface area contributed by atoms with Gasteiger partial charge in [-0.2, -0.15) is 0 Å². The fraction of sp³-hybridized carbons (Fsp3) is 0.833. The fourth-order valence-corrected chi connectivity index (χ4v) is 1.80. The molecule has 17 heavy (non-hydrogen) atoms. The molecule has 0 amide bonds. The number of hydrogen-bond acceptors (Lipinski definition) is 2. The van der Waals surface area contributed by atoms with Gasteiger partial charge in [-0.25, -0.2) is 0 Å². The normalized spacial score (nSPS) is 8.24. The van der Waals surface area contributed by atoms with Crippen molar-refractivity contribution >= 4 is 34.5 Å². The van der Waals surface area contributed by atoms with Crippen LogP contribution in [0, 0.1) is 0 Å². The zero-order valence-corrected chi connectivity index (χ0v) is 14.5. The number of unbranched alkanes of at least 4 members (excludes halogenated alkanes) is 1. The molecule has 0 saturated heterocycles. The summed E-state index contributed by atoms with van der Waals surface area (Å²) < 4.78 is 1.47. The maximum atomic E-state index is 9.60. The van der Waals surface area contributed by atoms with E-state index in [-0.39, 0.29) is 0 Å². The second-order valence-corrected chi connectivity index (χ2v) is 5.08. The van der Waals surface area contributed by atoms with Gasteiger partial charge in [0.1, 0.15) is 0 Å². The minimum absolute atomic E-state index is 0.292. The summed E-state index contributed by atoms with van der Waals surface area (Å²) in [6.45, 7) is 5.92. The quantitative estimate of drug-likeness (QED) is 0.721. The molecule has 0 aliphatic heterocycles. The molecule has 0 unspecified atom stereocenters. The Labute approximate surface area is 118 Å². The second-order valence-electron chi connectivity index (χ2n) is 3.43. The Morgan fingerprint density at radius 3 is 1.24 bits per heavy atom. The molecule has 0 spiro atoms. The monoisotopic (exact) mass is 354 g/mol. The molecule has 0 fully saturated rings. The summed E-state index contributed by atoms with van der Waals surface area (Å²) in [4.78, 5) is 19.2. The molecule has 0 rings (SSSR count). The van der Waals surface area contributed by atoms with Gasteiger partial charge in [0.2, 0.25) is 0 Å². The van der Waals surface area contributed by atoms with Crippen LogP contribution in [0.3, 0.4) is 0 Å². The third kappa shape index (κ3) is 49.6. The Kier molecular flexibility index (Phi) is 27.2. The van der Waals surface area contributed by atoms with Gasteiger partial charge in [-0.05, 0) is 12.8 Å². The summed E-state index contributed by atoms with van der Waals surface area (Å²) >= 11 is 1.45. The Balaban J connectivity index is -0.000000174. The van der Waals surface area contributed by atoms with Crippen LogP contribution in [-0.4, -0.2) is 44.7 Å². The molecular weight excluding hydrogens is 327 g/mol. The van der Waals surface area contributed by atoms with Gasteiger partial charge < -0.3 is 10.2 Å². The molecular formula is C12H26O4Sn. The fourth-order valence-electron chi connectivity index (χ4n) is 0.632. The first-order valence-corrected chi connectivity index (χ1v) is 8.42. The molecule has 0 aromatic heterocycles. The Bertz CT molecular complexity index is 154. The molecule has 4 nitrogen and oxygen atoms in total. The Morgan fingerprint density at radius 2 is 1.24 bits per heavy atom. The predicted octanol–water partition coefficient (Wildman–Crippen LogP) is 2.85. The van der Waals surface area contributed by atoms with Crippen LogP contribution in [0.2, 0.25) is 4.44 Å². The van der Waals surface area contributed by atoms with Crippen LogP contribution in [0.4, 0.5) is 0 Å². The van der Waals surface area contributed by atoms with Crippen molar-refractivity contribution in [2.45, 2.75) is 63.7 Å². The number of carboxylic acids is 2. The average Bonchev–Trinajstić information content (AvgIpc) is 2.20. The van der Waals surface area contributed by atoms with Gasteiger partial charge in [-0.15, -0.1) is 0 Å². The van der Waals surface area contributed by atoms with Crippen molar-refractivity contribution in [3.8, 4) is 0 Å². The Morgan fingerprint density at radius 1 is 0.882 bits per heavy atom. The van der Waals surface area contributed by atoms with Crippen LogP contribution in [0.5, 0.6) is 0 Å².